The lowest BCUT2D eigenvalue weighted by Gasteiger charge is -2.30. The van der Waals surface area contributed by atoms with E-state index in [1.807, 2.05) is 0 Å². The first-order valence-electron chi connectivity index (χ1n) is 11.3. The molecule has 1 aromatic rings. The van der Waals surface area contributed by atoms with E-state index < -0.39 is 16.6 Å². The molecule has 1 rings (SSSR count). The first-order chi connectivity index (χ1) is 12.8. The van der Waals surface area contributed by atoms with Gasteiger partial charge in [-0.2, -0.15) is 0 Å². The third-order valence-corrected chi connectivity index (χ3v) is 16.1. The topological polar surface area (TPSA) is 18.5 Å². The fourth-order valence-electron chi connectivity index (χ4n) is 3.97. The van der Waals surface area contributed by atoms with Crippen LogP contribution in [-0.4, -0.2) is 23.2 Å². The van der Waals surface area contributed by atoms with Crippen molar-refractivity contribution in [2.75, 3.05) is 6.61 Å². The van der Waals surface area contributed by atoms with Gasteiger partial charge in [0.25, 0.3) is 0 Å². The molecule has 0 radical (unpaired) electrons. The van der Waals surface area contributed by atoms with Crippen LogP contribution in [0.5, 0.6) is 5.75 Å². The average molecular weight is 409 g/mol. The highest BCUT2D eigenvalue weighted by Gasteiger charge is 2.31. The van der Waals surface area contributed by atoms with Gasteiger partial charge in [-0.05, 0) is 85.7 Å². The highest BCUT2D eigenvalue weighted by atomic mass is 28.4. The van der Waals surface area contributed by atoms with Crippen molar-refractivity contribution >= 4 is 16.6 Å². The van der Waals surface area contributed by atoms with Gasteiger partial charge in [0, 0.05) is 6.61 Å². The van der Waals surface area contributed by atoms with Crippen LogP contribution in [0, 0.1) is 13.8 Å². The molecule has 0 bridgehead atoms. The molecule has 0 spiro atoms. The van der Waals surface area contributed by atoms with Crippen molar-refractivity contribution in [2.24, 2.45) is 0 Å². The number of hydrogen-bond donors (Lipinski definition) is 0. The van der Waals surface area contributed by atoms with Crippen LogP contribution in [0.25, 0.3) is 0 Å². The molecule has 0 aliphatic carbocycles. The number of hydrogen-bond acceptors (Lipinski definition) is 2. The second kappa shape index (κ2) is 11.4. The molecule has 0 aliphatic heterocycles. The molecule has 0 heterocycles. The van der Waals surface area contributed by atoms with Crippen molar-refractivity contribution < 1.29 is 8.85 Å². The van der Waals surface area contributed by atoms with Gasteiger partial charge in [-0.3, -0.25) is 0 Å². The molecular weight excluding hydrogens is 364 g/mol. The van der Waals surface area contributed by atoms with Crippen LogP contribution >= 0.6 is 0 Å². The van der Waals surface area contributed by atoms with Gasteiger partial charge in [0.2, 0.25) is 8.32 Å². The molecule has 4 heteroatoms. The van der Waals surface area contributed by atoms with Crippen LogP contribution in [0.1, 0.15) is 64.7 Å². The highest BCUT2D eigenvalue weighted by Crippen LogP contribution is 2.31. The molecule has 0 saturated heterocycles. The van der Waals surface area contributed by atoms with Crippen LogP contribution in [0.15, 0.2) is 12.1 Å². The number of benzene rings is 1. The van der Waals surface area contributed by atoms with E-state index in [-0.39, 0.29) is 0 Å². The standard InChI is InChI=1S/C23H44O2Si2/c1-9-26(10-2,11-3)24-17-15-16-22-18-20(7)21(8)23(19-22)25-27(12-4,13-5)14-6/h18-19H,9-17H2,1-8H3. The molecular formula is C23H44O2Si2. The molecule has 0 amide bonds. The molecule has 0 aliphatic rings. The Morgan fingerprint density at radius 2 is 1.26 bits per heavy atom. The zero-order valence-corrected chi connectivity index (χ0v) is 21.3. The normalized spacial score (nSPS) is 12.4. The maximum atomic E-state index is 6.73. The zero-order valence-electron chi connectivity index (χ0n) is 19.3. The summed E-state index contributed by atoms with van der Waals surface area (Å²) in [4.78, 5) is 0. The summed E-state index contributed by atoms with van der Waals surface area (Å²) in [5.41, 5.74) is 4.07. The molecule has 0 atom stereocenters. The van der Waals surface area contributed by atoms with E-state index in [1.165, 1.54) is 53.0 Å². The zero-order chi connectivity index (χ0) is 20.5. The van der Waals surface area contributed by atoms with E-state index in [9.17, 15) is 0 Å². The fourth-order valence-corrected chi connectivity index (χ4v) is 9.27. The smallest absolute Gasteiger partial charge is 0.250 e. The van der Waals surface area contributed by atoms with E-state index in [0.29, 0.717) is 0 Å². The van der Waals surface area contributed by atoms with E-state index >= 15 is 0 Å². The van der Waals surface area contributed by atoms with Crippen LogP contribution < -0.4 is 4.43 Å². The summed E-state index contributed by atoms with van der Waals surface area (Å²) in [6.07, 6.45) is 2.19. The lowest BCUT2D eigenvalue weighted by atomic mass is 10.0. The highest BCUT2D eigenvalue weighted by molar-refractivity contribution is 6.74. The summed E-state index contributed by atoms with van der Waals surface area (Å²) < 4.78 is 13.2. The first kappa shape index (κ1) is 24.5. The molecule has 2 nitrogen and oxygen atoms in total. The number of rotatable bonds is 13. The Morgan fingerprint density at radius 1 is 0.741 bits per heavy atom. The van der Waals surface area contributed by atoms with E-state index in [1.54, 1.807) is 0 Å². The van der Waals surface area contributed by atoms with Gasteiger partial charge in [0.1, 0.15) is 5.75 Å². The summed E-state index contributed by atoms with van der Waals surface area (Å²) in [7, 11) is -3.08. The van der Waals surface area contributed by atoms with Crippen molar-refractivity contribution in [1.29, 1.82) is 0 Å². The van der Waals surface area contributed by atoms with Crippen LogP contribution in [-0.2, 0) is 10.8 Å². The Bertz CT molecular complexity index is 547. The predicted octanol–water partition coefficient (Wildman–Crippen LogP) is 7.64. The maximum Gasteiger partial charge on any atom is 0.250 e. The predicted molar refractivity (Wildman–Crippen MR) is 125 cm³/mol. The van der Waals surface area contributed by atoms with Gasteiger partial charge in [-0.25, -0.2) is 0 Å². The van der Waals surface area contributed by atoms with E-state index in [4.69, 9.17) is 8.85 Å². The van der Waals surface area contributed by atoms with Gasteiger partial charge in [-0.1, -0.05) is 47.6 Å². The third-order valence-electron chi connectivity index (χ3n) is 6.89. The second-order valence-electron chi connectivity index (χ2n) is 8.08. The number of aryl methyl sites for hydroxylation is 2. The summed E-state index contributed by atoms with van der Waals surface area (Å²) in [6.45, 7) is 19.1. The van der Waals surface area contributed by atoms with E-state index in [0.717, 1.165) is 25.2 Å². The lowest BCUT2D eigenvalue weighted by Crippen LogP contribution is -2.39. The first-order valence-corrected chi connectivity index (χ1v) is 16.3. The van der Waals surface area contributed by atoms with Gasteiger partial charge in [0.05, 0.1) is 0 Å². The molecule has 0 unspecified atom stereocenters. The monoisotopic (exact) mass is 408 g/mol. The van der Waals surface area contributed by atoms with Gasteiger partial charge in [0.15, 0.2) is 8.32 Å². The Balaban J connectivity index is 2.82. The van der Waals surface area contributed by atoms with Crippen LogP contribution in [0.2, 0.25) is 36.3 Å². The molecule has 27 heavy (non-hydrogen) atoms. The van der Waals surface area contributed by atoms with Crippen molar-refractivity contribution in [2.45, 2.75) is 104 Å². The summed E-state index contributed by atoms with van der Waals surface area (Å²) in [5, 5.41) is 0. The molecule has 1 aromatic carbocycles. The molecule has 156 valence electrons. The van der Waals surface area contributed by atoms with Crippen molar-refractivity contribution in [1.82, 2.24) is 0 Å². The second-order valence-corrected chi connectivity index (χ2v) is 17.5. The van der Waals surface area contributed by atoms with Gasteiger partial charge >= 0.3 is 0 Å². The minimum absolute atomic E-state index is 0.905. The quantitative estimate of drug-likeness (QED) is 0.246. The lowest BCUT2D eigenvalue weighted by molar-refractivity contribution is 0.293. The fraction of sp³-hybridized carbons (Fsp3) is 0.739. The summed E-state index contributed by atoms with van der Waals surface area (Å²) in [5.74, 6) is 1.14. The van der Waals surface area contributed by atoms with Gasteiger partial charge < -0.3 is 8.85 Å². The third kappa shape index (κ3) is 6.47. The van der Waals surface area contributed by atoms with Crippen molar-refractivity contribution in [3.8, 4) is 5.75 Å². The average Bonchev–Trinajstić information content (AvgIpc) is 2.70. The largest absolute Gasteiger partial charge is 0.543 e. The molecule has 0 saturated carbocycles. The summed E-state index contributed by atoms with van der Waals surface area (Å²) >= 11 is 0. The minimum atomic E-state index is -1.63. The summed E-state index contributed by atoms with van der Waals surface area (Å²) in [6, 6.07) is 11.9. The van der Waals surface area contributed by atoms with Crippen LogP contribution in [0.3, 0.4) is 0 Å². The maximum absolute atomic E-state index is 6.73. The van der Waals surface area contributed by atoms with Crippen LogP contribution in [0.4, 0.5) is 0 Å². The van der Waals surface area contributed by atoms with E-state index in [2.05, 4.69) is 67.5 Å². The molecule has 0 N–H and O–H groups in total. The molecule has 0 aromatic heterocycles. The van der Waals surface area contributed by atoms with Crippen molar-refractivity contribution in [3.63, 3.8) is 0 Å². The Labute approximate surface area is 171 Å². The Kier molecular flexibility index (Phi) is 10.3. The Morgan fingerprint density at radius 3 is 1.74 bits per heavy atom. The minimum Gasteiger partial charge on any atom is -0.543 e. The van der Waals surface area contributed by atoms with Crippen molar-refractivity contribution in [3.05, 3.63) is 28.8 Å². The molecule has 0 fully saturated rings. The Hall–Kier alpha value is -0.586. The SMILES string of the molecule is CC[Si](CC)(CC)OCCCc1cc(C)c(C)c(O[Si](CC)(CC)CC)c1. The van der Waals surface area contributed by atoms with Gasteiger partial charge in [-0.15, -0.1) is 0 Å².